The van der Waals surface area contributed by atoms with E-state index in [1.165, 1.54) is 43.6 Å². The third-order valence-corrected chi connectivity index (χ3v) is 23.1. The number of thioether (sulfide) groups is 1. The number of unbranched alkanes of at least 4 members (excludes halogenated alkanes) is 3. The van der Waals surface area contributed by atoms with Crippen molar-refractivity contribution in [3.8, 4) is 0 Å². The molecule has 0 saturated carbocycles. The first-order valence-electron chi connectivity index (χ1n) is 9.55. The van der Waals surface area contributed by atoms with E-state index in [-0.39, 0.29) is 0 Å². The predicted molar refractivity (Wildman–Crippen MR) is 110 cm³/mol. The molecule has 0 saturated heterocycles. The fraction of sp³-hybridized carbons (Fsp3) is 0.947. The summed E-state index contributed by atoms with van der Waals surface area (Å²) >= 11 is -0.387. The van der Waals surface area contributed by atoms with Crippen molar-refractivity contribution >= 4 is 35.2 Å². The zero-order valence-electron chi connectivity index (χ0n) is 16.4. The summed E-state index contributed by atoms with van der Waals surface area (Å²) in [5, 5.41) is 1.31. The number of hydrogen-bond donors (Lipinski definition) is 0. The molecule has 3 heteroatoms. The van der Waals surface area contributed by atoms with Gasteiger partial charge in [0, 0.05) is 0 Å². The van der Waals surface area contributed by atoms with Crippen LogP contribution >= 0.6 is 11.8 Å². The standard InChI is InChI=1S/C7H14NS.3C4H9.Sn/c1-6(2)5-8-7(3)9-4;3*1-3-4-2;/h5-6H,1-4H3;3*1,3-4H2,2H3;/b8-7+;;;;. The van der Waals surface area contributed by atoms with E-state index in [2.05, 4.69) is 47.8 Å². The van der Waals surface area contributed by atoms with Gasteiger partial charge in [0.2, 0.25) is 0 Å². The Bertz CT molecular complexity index is 280. The van der Waals surface area contributed by atoms with Crippen LogP contribution < -0.4 is 0 Å². The van der Waals surface area contributed by atoms with Gasteiger partial charge in [0.15, 0.2) is 0 Å². The molecule has 22 heavy (non-hydrogen) atoms. The van der Waals surface area contributed by atoms with Gasteiger partial charge in [-0.3, -0.25) is 0 Å². The molecular weight excluding hydrogens is 393 g/mol. The first-order chi connectivity index (χ1) is 10.5. The van der Waals surface area contributed by atoms with Gasteiger partial charge < -0.3 is 0 Å². The first kappa shape index (κ1) is 22.8. The van der Waals surface area contributed by atoms with Crippen LogP contribution in [0.2, 0.25) is 13.3 Å². The van der Waals surface area contributed by atoms with Crippen LogP contribution in [0.3, 0.4) is 0 Å². The second-order valence-electron chi connectivity index (χ2n) is 7.21. The summed E-state index contributed by atoms with van der Waals surface area (Å²) < 4.78 is 5.41. The number of rotatable bonds is 12. The van der Waals surface area contributed by atoms with Crippen LogP contribution in [0.25, 0.3) is 0 Å². The topological polar surface area (TPSA) is 12.4 Å². The summed E-state index contributed by atoms with van der Waals surface area (Å²) in [6.07, 6.45) is 10.6. The molecule has 0 N–H and O–H groups in total. The molecule has 0 amide bonds. The van der Waals surface area contributed by atoms with E-state index in [0.29, 0.717) is 4.06 Å². The normalized spacial score (nSPS) is 14.6. The van der Waals surface area contributed by atoms with E-state index in [1.54, 1.807) is 13.3 Å². The molecule has 0 aliphatic carbocycles. The molecule has 0 aromatic carbocycles. The zero-order valence-corrected chi connectivity index (χ0v) is 20.0. The summed E-state index contributed by atoms with van der Waals surface area (Å²) in [4.78, 5) is 5.30. The summed E-state index contributed by atoms with van der Waals surface area (Å²) in [6.45, 7) is 14.1. The van der Waals surface area contributed by atoms with Crippen LogP contribution in [-0.4, -0.2) is 33.7 Å². The van der Waals surface area contributed by atoms with Crippen molar-refractivity contribution in [3.05, 3.63) is 0 Å². The average molecular weight is 434 g/mol. The van der Waals surface area contributed by atoms with Gasteiger partial charge in [0.05, 0.1) is 0 Å². The van der Waals surface area contributed by atoms with Crippen LogP contribution in [-0.2, 0) is 0 Å². The Hall–Kier alpha value is 0.819. The molecule has 0 bridgehead atoms. The molecule has 0 aromatic heterocycles. The van der Waals surface area contributed by atoms with E-state index in [9.17, 15) is 0 Å². The molecule has 1 atom stereocenters. The number of aliphatic imine (C=N–C) groups is 1. The van der Waals surface area contributed by atoms with Crippen LogP contribution in [0.1, 0.15) is 80.1 Å². The quantitative estimate of drug-likeness (QED) is 0.180. The predicted octanol–water partition coefficient (Wildman–Crippen LogP) is 7.18. The molecule has 0 heterocycles. The van der Waals surface area contributed by atoms with Crippen molar-refractivity contribution in [1.82, 2.24) is 0 Å². The zero-order chi connectivity index (χ0) is 17.0. The molecular formula is C19H41NSSn. The van der Waals surface area contributed by atoms with Gasteiger partial charge in [-0.2, -0.15) is 0 Å². The fourth-order valence-corrected chi connectivity index (χ4v) is 23.2. The molecule has 1 nitrogen and oxygen atoms in total. The number of nitrogens with zero attached hydrogens (tertiary/aromatic N) is 1. The minimum atomic E-state index is -2.23. The molecule has 0 radical (unpaired) electrons. The van der Waals surface area contributed by atoms with E-state index in [0.717, 1.165) is 5.92 Å². The van der Waals surface area contributed by atoms with Gasteiger partial charge in [-0.05, 0) is 0 Å². The van der Waals surface area contributed by atoms with Gasteiger partial charge in [0.1, 0.15) is 0 Å². The minimum absolute atomic E-state index is 0.700. The Balaban J connectivity index is 5.55. The number of hydrogen-bond acceptors (Lipinski definition) is 2. The van der Waals surface area contributed by atoms with Gasteiger partial charge in [-0.15, -0.1) is 0 Å². The van der Waals surface area contributed by atoms with E-state index in [1.807, 2.05) is 11.8 Å². The summed E-state index contributed by atoms with van der Waals surface area (Å²) in [5.74, 6) is 0.725. The Kier molecular flexibility index (Phi) is 13.6. The van der Waals surface area contributed by atoms with Crippen molar-refractivity contribution in [2.75, 3.05) is 6.26 Å². The van der Waals surface area contributed by atoms with Crippen LogP contribution in [0.15, 0.2) is 4.99 Å². The van der Waals surface area contributed by atoms with Gasteiger partial charge in [-0.25, -0.2) is 0 Å². The van der Waals surface area contributed by atoms with Crippen molar-refractivity contribution in [1.29, 1.82) is 0 Å². The van der Waals surface area contributed by atoms with Crippen LogP contribution in [0.4, 0.5) is 0 Å². The van der Waals surface area contributed by atoms with Gasteiger partial charge in [0.25, 0.3) is 0 Å². The Labute approximate surface area is 149 Å². The molecule has 0 aromatic rings. The van der Waals surface area contributed by atoms with E-state index >= 15 is 0 Å². The maximum absolute atomic E-state index is 5.30. The summed E-state index contributed by atoms with van der Waals surface area (Å²) in [5.41, 5.74) is 0. The van der Waals surface area contributed by atoms with Crippen LogP contribution in [0, 0.1) is 5.92 Å². The molecule has 0 fully saturated rings. The molecule has 0 spiro atoms. The Morgan fingerprint density at radius 2 is 1.32 bits per heavy atom. The van der Waals surface area contributed by atoms with Crippen molar-refractivity contribution in [3.63, 3.8) is 0 Å². The molecule has 0 aliphatic rings. The fourth-order valence-electron chi connectivity index (χ4n) is 3.65. The third kappa shape index (κ3) is 8.08. The van der Waals surface area contributed by atoms with Crippen LogP contribution in [0.5, 0.6) is 0 Å². The second kappa shape index (κ2) is 13.1. The third-order valence-electron chi connectivity index (χ3n) is 4.96. The first-order valence-corrected chi connectivity index (χ1v) is 18.5. The summed E-state index contributed by atoms with van der Waals surface area (Å²) in [7, 11) is 0. The molecule has 132 valence electrons. The van der Waals surface area contributed by atoms with E-state index < -0.39 is 18.4 Å². The molecule has 0 rings (SSSR count). The maximum atomic E-state index is 5.30. The average Bonchev–Trinajstić information content (AvgIpc) is 2.52. The van der Waals surface area contributed by atoms with Crippen molar-refractivity contribution < 1.29 is 0 Å². The monoisotopic (exact) mass is 435 g/mol. The Morgan fingerprint density at radius 3 is 1.59 bits per heavy atom. The molecule has 1 unspecified atom stereocenters. The second-order valence-corrected chi connectivity index (χ2v) is 22.0. The van der Waals surface area contributed by atoms with Gasteiger partial charge in [-0.1, -0.05) is 0 Å². The molecule has 0 aliphatic heterocycles. The van der Waals surface area contributed by atoms with Crippen molar-refractivity contribution in [2.24, 2.45) is 10.9 Å². The van der Waals surface area contributed by atoms with Gasteiger partial charge >= 0.3 is 150 Å². The van der Waals surface area contributed by atoms with E-state index in [4.69, 9.17) is 4.99 Å². The summed E-state index contributed by atoms with van der Waals surface area (Å²) in [6, 6.07) is 0. The SMILES string of the molecule is CCC[CH2][Sn]([CH2]CCC)([CH2]CCC)[CH](/N=C(\C)SC)C(C)C. The Morgan fingerprint density at radius 1 is 0.909 bits per heavy atom. The van der Waals surface area contributed by atoms with Crippen molar-refractivity contribution in [2.45, 2.75) is 97.4 Å².